The number of nitrogens with one attached hydrogen (secondary N) is 1. The van der Waals surface area contributed by atoms with Crippen LogP contribution in [0.3, 0.4) is 0 Å². The highest BCUT2D eigenvalue weighted by Crippen LogP contribution is 2.28. The smallest absolute Gasteiger partial charge is 0.130 e. The third kappa shape index (κ3) is 2.64. The lowest BCUT2D eigenvalue weighted by atomic mass is 10.0. The number of benzene rings is 1. The van der Waals surface area contributed by atoms with Gasteiger partial charge in [-0.1, -0.05) is 13.0 Å². The van der Waals surface area contributed by atoms with Crippen LogP contribution in [-0.4, -0.2) is 31.1 Å². The number of nitrogens with zero attached hydrogens (tertiary/aromatic N) is 1. The minimum Gasteiger partial charge on any atom is -0.314 e. The highest BCUT2D eigenvalue weighted by Gasteiger charge is 2.25. The molecule has 1 aromatic carbocycles. The second kappa shape index (κ2) is 5.56. The van der Waals surface area contributed by atoms with Crippen LogP contribution < -0.4 is 5.32 Å². The summed E-state index contributed by atoms with van der Waals surface area (Å²) >= 11 is 0. The lowest BCUT2D eigenvalue weighted by Crippen LogP contribution is -2.45. The zero-order valence-corrected chi connectivity index (χ0v) is 10.0. The van der Waals surface area contributed by atoms with Crippen LogP contribution in [0.2, 0.25) is 0 Å². The Morgan fingerprint density at radius 3 is 2.35 bits per heavy atom. The maximum atomic E-state index is 13.8. The Labute approximate surface area is 101 Å². The van der Waals surface area contributed by atoms with Gasteiger partial charge in [-0.15, -0.1) is 0 Å². The van der Waals surface area contributed by atoms with Crippen molar-refractivity contribution in [2.24, 2.45) is 0 Å². The highest BCUT2D eigenvalue weighted by molar-refractivity contribution is 5.23. The lowest BCUT2D eigenvalue weighted by molar-refractivity contribution is 0.163. The third-order valence-electron chi connectivity index (χ3n) is 3.31. The van der Waals surface area contributed by atoms with Gasteiger partial charge in [0.05, 0.1) is 0 Å². The van der Waals surface area contributed by atoms with Crippen molar-refractivity contribution < 1.29 is 8.78 Å². The molecule has 1 atom stereocenters. The Bertz CT molecular complexity index is 355. The molecule has 0 radical (unpaired) electrons. The van der Waals surface area contributed by atoms with Gasteiger partial charge in [0.2, 0.25) is 0 Å². The Hall–Kier alpha value is -1.00. The Morgan fingerprint density at radius 2 is 1.82 bits per heavy atom. The molecule has 1 aliphatic heterocycles. The first-order valence-electron chi connectivity index (χ1n) is 6.12. The number of rotatable bonds is 3. The summed E-state index contributed by atoms with van der Waals surface area (Å²) in [4.78, 5) is 2.15. The first-order chi connectivity index (χ1) is 8.24. The van der Waals surface area contributed by atoms with E-state index in [0.29, 0.717) is 0 Å². The van der Waals surface area contributed by atoms with Gasteiger partial charge < -0.3 is 5.32 Å². The van der Waals surface area contributed by atoms with Crippen LogP contribution in [0.25, 0.3) is 0 Å². The summed E-state index contributed by atoms with van der Waals surface area (Å²) < 4.78 is 27.5. The summed E-state index contributed by atoms with van der Waals surface area (Å²) in [6.45, 7) is 5.41. The molecule has 0 bridgehead atoms. The molecule has 1 aromatic rings. The molecule has 0 aromatic heterocycles. The van der Waals surface area contributed by atoms with Crippen molar-refractivity contribution in [2.75, 3.05) is 26.2 Å². The zero-order chi connectivity index (χ0) is 12.3. The van der Waals surface area contributed by atoms with E-state index in [1.165, 1.54) is 18.2 Å². The average molecular weight is 240 g/mol. The molecule has 17 heavy (non-hydrogen) atoms. The summed E-state index contributed by atoms with van der Waals surface area (Å²) in [7, 11) is 0. The molecule has 1 heterocycles. The van der Waals surface area contributed by atoms with Gasteiger partial charge in [-0.25, -0.2) is 8.78 Å². The summed E-state index contributed by atoms with van der Waals surface area (Å²) in [6.07, 6.45) is 0.720. The Balaban J connectivity index is 2.27. The standard InChI is InChI=1S/C13H18F2N2/c1-2-12(17-8-6-16-7-9-17)13-10(14)4-3-5-11(13)15/h3-5,12,16H,2,6-9H2,1H3/t12-/m1/s1. The predicted octanol–water partition coefficient (Wildman–Crippen LogP) is 2.32. The first-order valence-corrected chi connectivity index (χ1v) is 6.12. The lowest BCUT2D eigenvalue weighted by Gasteiger charge is -2.34. The third-order valence-corrected chi connectivity index (χ3v) is 3.31. The van der Waals surface area contributed by atoms with Gasteiger partial charge in [0.15, 0.2) is 0 Å². The number of hydrogen-bond acceptors (Lipinski definition) is 2. The molecule has 1 N–H and O–H groups in total. The van der Waals surface area contributed by atoms with Crippen LogP contribution >= 0.6 is 0 Å². The van der Waals surface area contributed by atoms with Crippen LogP contribution in [0.15, 0.2) is 18.2 Å². The van der Waals surface area contributed by atoms with Crippen molar-refractivity contribution in [2.45, 2.75) is 19.4 Å². The second-order valence-electron chi connectivity index (χ2n) is 4.35. The second-order valence-corrected chi connectivity index (χ2v) is 4.35. The van der Waals surface area contributed by atoms with Gasteiger partial charge in [0.25, 0.3) is 0 Å². The van der Waals surface area contributed by atoms with E-state index in [4.69, 9.17) is 0 Å². The summed E-state index contributed by atoms with van der Waals surface area (Å²) in [5, 5.41) is 3.25. The Kier molecular flexibility index (Phi) is 4.07. The molecule has 2 nitrogen and oxygen atoms in total. The molecular weight excluding hydrogens is 222 g/mol. The van der Waals surface area contributed by atoms with E-state index < -0.39 is 11.6 Å². The van der Waals surface area contributed by atoms with E-state index in [1.54, 1.807) is 0 Å². The monoisotopic (exact) mass is 240 g/mol. The summed E-state index contributed by atoms with van der Waals surface area (Å²) in [6, 6.07) is 3.93. The largest absolute Gasteiger partial charge is 0.314 e. The molecule has 94 valence electrons. The highest BCUT2D eigenvalue weighted by atomic mass is 19.1. The molecule has 4 heteroatoms. The topological polar surface area (TPSA) is 15.3 Å². The van der Waals surface area contributed by atoms with Gasteiger partial charge >= 0.3 is 0 Å². The van der Waals surface area contributed by atoms with Gasteiger partial charge in [-0.2, -0.15) is 0 Å². The number of halogens is 2. The van der Waals surface area contributed by atoms with E-state index in [9.17, 15) is 8.78 Å². The minimum atomic E-state index is -0.435. The van der Waals surface area contributed by atoms with E-state index >= 15 is 0 Å². The molecule has 0 aliphatic carbocycles. The Morgan fingerprint density at radius 1 is 1.24 bits per heavy atom. The SMILES string of the molecule is CC[C@H](c1c(F)cccc1F)N1CCNCC1. The molecule has 1 aliphatic rings. The fourth-order valence-corrected chi connectivity index (χ4v) is 2.47. The summed E-state index contributed by atoms with van der Waals surface area (Å²) in [5.41, 5.74) is 0.219. The number of piperazine rings is 1. The van der Waals surface area contributed by atoms with Crippen LogP contribution in [-0.2, 0) is 0 Å². The van der Waals surface area contributed by atoms with Gasteiger partial charge in [-0.05, 0) is 18.6 Å². The van der Waals surface area contributed by atoms with Crippen molar-refractivity contribution in [3.05, 3.63) is 35.4 Å². The summed E-state index contributed by atoms with van der Waals surface area (Å²) in [5.74, 6) is -0.870. The molecule has 1 saturated heterocycles. The zero-order valence-electron chi connectivity index (χ0n) is 10.0. The van der Waals surface area contributed by atoms with Gasteiger partial charge in [0.1, 0.15) is 11.6 Å². The molecular formula is C13H18F2N2. The molecule has 0 saturated carbocycles. The van der Waals surface area contributed by atoms with Crippen molar-refractivity contribution in [1.29, 1.82) is 0 Å². The normalized spacial score (nSPS) is 19.2. The maximum Gasteiger partial charge on any atom is 0.130 e. The fourth-order valence-electron chi connectivity index (χ4n) is 2.47. The first kappa shape index (κ1) is 12.5. The van der Waals surface area contributed by atoms with Crippen LogP contribution in [0.1, 0.15) is 24.9 Å². The quantitative estimate of drug-likeness (QED) is 0.872. The van der Waals surface area contributed by atoms with Crippen molar-refractivity contribution >= 4 is 0 Å². The fraction of sp³-hybridized carbons (Fsp3) is 0.538. The van der Waals surface area contributed by atoms with Crippen molar-refractivity contribution in [3.8, 4) is 0 Å². The molecule has 0 unspecified atom stereocenters. The van der Waals surface area contributed by atoms with E-state index in [0.717, 1.165) is 32.6 Å². The minimum absolute atomic E-state index is 0.154. The van der Waals surface area contributed by atoms with Crippen LogP contribution in [0, 0.1) is 11.6 Å². The maximum absolute atomic E-state index is 13.8. The molecule has 1 fully saturated rings. The molecule has 0 amide bonds. The van der Waals surface area contributed by atoms with E-state index in [-0.39, 0.29) is 11.6 Å². The van der Waals surface area contributed by atoms with Crippen LogP contribution in [0.4, 0.5) is 8.78 Å². The molecule has 2 rings (SSSR count). The number of hydrogen-bond donors (Lipinski definition) is 1. The van der Waals surface area contributed by atoms with Crippen molar-refractivity contribution in [3.63, 3.8) is 0 Å². The average Bonchev–Trinajstić information content (AvgIpc) is 2.35. The van der Waals surface area contributed by atoms with E-state index in [2.05, 4.69) is 10.2 Å². The molecule has 0 spiro atoms. The van der Waals surface area contributed by atoms with Gasteiger partial charge in [-0.3, -0.25) is 4.90 Å². The van der Waals surface area contributed by atoms with Crippen LogP contribution in [0.5, 0.6) is 0 Å². The van der Waals surface area contributed by atoms with E-state index in [1.807, 2.05) is 6.92 Å². The van der Waals surface area contributed by atoms with Crippen molar-refractivity contribution in [1.82, 2.24) is 10.2 Å². The predicted molar refractivity (Wildman–Crippen MR) is 63.8 cm³/mol. The van der Waals surface area contributed by atoms with Gasteiger partial charge in [0, 0.05) is 37.8 Å².